The number of likely N-dealkylation sites (tertiary alicyclic amines) is 1. The molecule has 1 fully saturated rings. The van der Waals surface area contributed by atoms with Crippen LogP contribution in [-0.2, 0) is 4.79 Å². The van der Waals surface area contributed by atoms with Crippen LogP contribution in [0.2, 0.25) is 0 Å². The fourth-order valence-corrected chi connectivity index (χ4v) is 2.59. The zero-order valence-electron chi connectivity index (χ0n) is 13.0. The standard InChI is InChI=1S/C17H26N2O2/c1-3-13(2)16(18)17(20)19-11-9-15(10-12-19)21-14-7-5-4-6-8-14/h4-8,13,15-16H,3,9-12,18H2,1-2H3/t13?,16-/m0/s1. The molecule has 1 saturated heterocycles. The molecule has 0 aromatic heterocycles. The summed E-state index contributed by atoms with van der Waals surface area (Å²) in [6, 6.07) is 9.48. The van der Waals surface area contributed by atoms with E-state index in [4.69, 9.17) is 10.5 Å². The van der Waals surface area contributed by atoms with Crippen LogP contribution >= 0.6 is 0 Å². The van der Waals surface area contributed by atoms with Gasteiger partial charge in [0.15, 0.2) is 0 Å². The lowest BCUT2D eigenvalue weighted by Crippen LogP contribution is -2.50. The lowest BCUT2D eigenvalue weighted by Gasteiger charge is -2.34. The Morgan fingerprint density at radius 3 is 2.52 bits per heavy atom. The molecule has 4 heteroatoms. The molecule has 21 heavy (non-hydrogen) atoms. The third-order valence-corrected chi connectivity index (χ3v) is 4.34. The molecule has 1 amide bonds. The number of hydrogen-bond donors (Lipinski definition) is 1. The number of carbonyl (C=O) groups is 1. The average molecular weight is 290 g/mol. The van der Waals surface area contributed by atoms with Crippen molar-refractivity contribution in [2.75, 3.05) is 13.1 Å². The predicted molar refractivity (Wildman–Crippen MR) is 84.1 cm³/mol. The van der Waals surface area contributed by atoms with Gasteiger partial charge in [0.1, 0.15) is 11.9 Å². The molecule has 0 saturated carbocycles. The number of nitrogens with two attached hydrogens (primary N) is 1. The SMILES string of the molecule is CCC(C)[C@H](N)C(=O)N1CCC(Oc2ccccc2)CC1. The minimum Gasteiger partial charge on any atom is -0.490 e. The molecule has 1 aromatic carbocycles. The Hall–Kier alpha value is -1.55. The van der Waals surface area contributed by atoms with E-state index >= 15 is 0 Å². The summed E-state index contributed by atoms with van der Waals surface area (Å²) in [5.74, 6) is 1.22. The molecule has 2 atom stereocenters. The Bertz CT molecular complexity index is 441. The zero-order chi connectivity index (χ0) is 15.2. The molecular weight excluding hydrogens is 264 g/mol. The number of benzene rings is 1. The highest BCUT2D eigenvalue weighted by Crippen LogP contribution is 2.20. The van der Waals surface area contributed by atoms with Gasteiger partial charge in [-0.15, -0.1) is 0 Å². The van der Waals surface area contributed by atoms with Gasteiger partial charge >= 0.3 is 0 Å². The Labute approximate surface area is 127 Å². The summed E-state index contributed by atoms with van der Waals surface area (Å²) in [5.41, 5.74) is 6.04. The van der Waals surface area contributed by atoms with Crippen molar-refractivity contribution < 1.29 is 9.53 Å². The van der Waals surface area contributed by atoms with Gasteiger partial charge in [-0.25, -0.2) is 0 Å². The molecule has 0 bridgehead atoms. The van der Waals surface area contributed by atoms with Gasteiger partial charge < -0.3 is 15.4 Å². The van der Waals surface area contributed by atoms with Crippen molar-refractivity contribution in [3.8, 4) is 5.75 Å². The lowest BCUT2D eigenvalue weighted by atomic mass is 9.97. The fourth-order valence-electron chi connectivity index (χ4n) is 2.59. The van der Waals surface area contributed by atoms with Crippen molar-refractivity contribution in [2.45, 2.75) is 45.3 Å². The number of rotatable bonds is 5. The lowest BCUT2D eigenvalue weighted by molar-refractivity contribution is -0.135. The summed E-state index contributed by atoms with van der Waals surface area (Å²) in [4.78, 5) is 14.2. The van der Waals surface area contributed by atoms with Gasteiger partial charge in [0, 0.05) is 25.9 Å². The normalized spacial score (nSPS) is 19.1. The maximum absolute atomic E-state index is 12.3. The summed E-state index contributed by atoms with van der Waals surface area (Å²) in [5, 5.41) is 0. The largest absolute Gasteiger partial charge is 0.490 e. The molecule has 1 heterocycles. The van der Waals surface area contributed by atoms with Gasteiger partial charge in [0.2, 0.25) is 5.91 Å². The van der Waals surface area contributed by atoms with Crippen molar-refractivity contribution >= 4 is 5.91 Å². The molecule has 1 aliphatic rings. The van der Waals surface area contributed by atoms with Gasteiger partial charge in [0.25, 0.3) is 0 Å². The van der Waals surface area contributed by atoms with E-state index in [0.29, 0.717) is 0 Å². The predicted octanol–water partition coefficient (Wildman–Crippen LogP) is 2.43. The number of amides is 1. The minimum absolute atomic E-state index is 0.0857. The first-order chi connectivity index (χ1) is 10.1. The van der Waals surface area contributed by atoms with E-state index in [2.05, 4.69) is 6.92 Å². The molecule has 0 spiro atoms. The van der Waals surface area contributed by atoms with Gasteiger partial charge in [-0.2, -0.15) is 0 Å². The summed E-state index contributed by atoms with van der Waals surface area (Å²) in [7, 11) is 0. The second kappa shape index (κ2) is 7.46. The van der Waals surface area contributed by atoms with E-state index in [1.165, 1.54) is 0 Å². The third kappa shape index (κ3) is 4.21. The maximum atomic E-state index is 12.3. The van der Waals surface area contributed by atoms with Gasteiger partial charge in [-0.3, -0.25) is 4.79 Å². The third-order valence-electron chi connectivity index (χ3n) is 4.34. The topological polar surface area (TPSA) is 55.6 Å². The van der Waals surface area contributed by atoms with E-state index in [0.717, 1.165) is 38.1 Å². The second-order valence-corrected chi connectivity index (χ2v) is 5.87. The van der Waals surface area contributed by atoms with Crippen molar-refractivity contribution in [1.29, 1.82) is 0 Å². The number of para-hydroxylation sites is 1. The van der Waals surface area contributed by atoms with Crippen LogP contribution in [0.25, 0.3) is 0 Å². The Kier molecular flexibility index (Phi) is 5.62. The Balaban J connectivity index is 1.81. The van der Waals surface area contributed by atoms with E-state index in [1.807, 2.05) is 42.2 Å². The quantitative estimate of drug-likeness (QED) is 0.906. The smallest absolute Gasteiger partial charge is 0.239 e. The van der Waals surface area contributed by atoms with Crippen molar-refractivity contribution in [3.05, 3.63) is 30.3 Å². The molecule has 4 nitrogen and oxygen atoms in total. The van der Waals surface area contributed by atoms with E-state index in [1.54, 1.807) is 0 Å². The summed E-state index contributed by atoms with van der Waals surface area (Å²) in [6.45, 7) is 5.58. The van der Waals surface area contributed by atoms with Crippen molar-refractivity contribution in [1.82, 2.24) is 4.90 Å². The van der Waals surface area contributed by atoms with E-state index in [-0.39, 0.29) is 24.0 Å². The number of ether oxygens (including phenoxy) is 1. The summed E-state index contributed by atoms with van der Waals surface area (Å²) in [6.07, 6.45) is 2.86. The second-order valence-electron chi connectivity index (χ2n) is 5.87. The molecule has 0 aliphatic carbocycles. The molecule has 1 aliphatic heterocycles. The number of carbonyl (C=O) groups excluding carboxylic acids is 1. The van der Waals surface area contributed by atoms with Crippen LogP contribution in [-0.4, -0.2) is 36.0 Å². The first kappa shape index (κ1) is 15.8. The highest BCUT2D eigenvalue weighted by molar-refractivity contribution is 5.82. The Morgan fingerprint density at radius 1 is 1.33 bits per heavy atom. The van der Waals surface area contributed by atoms with Crippen LogP contribution in [0.15, 0.2) is 30.3 Å². The summed E-state index contributed by atoms with van der Waals surface area (Å²) < 4.78 is 5.94. The minimum atomic E-state index is -0.374. The van der Waals surface area contributed by atoms with Gasteiger partial charge in [-0.1, -0.05) is 38.5 Å². The maximum Gasteiger partial charge on any atom is 0.239 e. The first-order valence-corrected chi connectivity index (χ1v) is 7.88. The highest BCUT2D eigenvalue weighted by atomic mass is 16.5. The highest BCUT2D eigenvalue weighted by Gasteiger charge is 2.29. The van der Waals surface area contributed by atoms with Crippen molar-refractivity contribution in [3.63, 3.8) is 0 Å². The van der Waals surface area contributed by atoms with Gasteiger partial charge in [0.05, 0.1) is 6.04 Å². The molecule has 1 aromatic rings. The van der Waals surface area contributed by atoms with Crippen LogP contribution in [0, 0.1) is 5.92 Å². The number of nitrogens with zero attached hydrogens (tertiary/aromatic N) is 1. The summed E-state index contributed by atoms with van der Waals surface area (Å²) >= 11 is 0. The molecule has 2 rings (SSSR count). The van der Waals surface area contributed by atoms with Crippen LogP contribution in [0.5, 0.6) is 5.75 Å². The zero-order valence-corrected chi connectivity index (χ0v) is 13.0. The number of piperidine rings is 1. The average Bonchev–Trinajstić information content (AvgIpc) is 2.54. The van der Waals surface area contributed by atoms with E-state index < -0.39 is 0 Å². The van der Waals surface area contributed by atoms with Crippen molar-refractivity contribution in [2.24, 2.45) is 11.7 Å². The number of hydrogen-bond acceptors (Lipinski definition) is 3. The fraction of sp³-hybridized carbons (Fsp3) is 0.588. The molecular formula is C17H26N2O2. The molecule has 0 radical (unpaired) electrons. The van der Waals surface area contributed by atoms with Crippen LogP contribution < -0.4 is 10.5 Å². The first-order valence-electron chi connectivity index (χ1n) is 7.88. The van der Waals surface area contributed by atoms with Gasteiger partial charge in [-0.05, 0) is 18.1 Å². The van der Waals surface area contributed by atoms with Crippen LogP contribution in [0.1, 0.15) is 33.1 Å². The monoisotopic (exact) mass is 290 g/mol. The molecule has 2 N–H and O–H groups in total. The molecule has 116 valence electrons. The molecule has 1 unspecified atom stereocenters. The van der Waals surface area contributed by atoms with Crippen LogP contribution in [0.4, 0.5) is 0 Å². The van der Waals surface area contributed by atoms with E-state index in [9.17, 15) is 4.79 Å². The van der Waals surface area contributed by atoms with Crippen LogP contribution in [0.3, 0.4) is 0 Å². The Morgan fingerprint density at radius 2 is 1.95 bits per heavy atom.